The summed E-state index contributed by atoms with van der Waals surface area (Å²) in [5.74, 6) is 0.550. The minimum absolute atomic E-state index is 0.550. The number of anilines is 1. The number of rotatable bonds is 2. The maximum Gasteiger partial charge on any atom is 0.123 e. The molecule has 1 fully saturated rings. The van der Waals surface area contributed by atoms with Gasteiger partial charge < -0.3 is 5.73 Å². The molecule has 82 valence electrons. The van der Waals surface area contributed by atoms with Crippen molar-refractivity contribution >= 4 is 5.82 Å². The van der Waals surface area contributed by atoms with Gasteiger partial charge in [0.15, 0.2) is 0 Å². The van der Waals surface area contributed by atoms with Crippen LogP contribution in [-0.4, -0.2) is 14.8 Å². The highest BCUT2D eigenvalue weighted by atomic mass is 15.3. The second kappa shape index (κ2) is 3.63. The topological polar surface area (TPSA) is 56.7 Å². The summed E-state index contributed by atoms with van der Waals surface area (Å²) >= 11 is 0. The Morgan fingerprint density at radius 2 is 2.19 bits per heavy atom. The average molecular weight is 214 g/mol. The van der Waals surface area contributed by atoms with E-state index in [0.29, 0.717) is 11.9 Å². The van der Waals surface area contributed by atoms with E-state index in [9.17, 15) is 0 Å². The van der Waals surface area contributed by atoms with E-state index in [0.717, 1.165) is 11.1 Å². The number of pyridine rings is 1. The van der Waals surface area contributed by atoms with Crippen molar-refractivity contribution in [2.24, 2.45) is 0 Å². The number of aromatic nitrogens is 3. The van der Waals surface area contributed by atoms with E-state index in [1.54, 1.807) is 6.20 Å². The molecule has 1 aliphatic carbocycles. The van der Waals surface area contributed by atoms with Gasteiger partial charge in [-0.3, -0.25) is 4.68 Å². The molecule has 0 spiro atoms. The van der Waals surface area contributed by atoms with Crippen molar-refractivity contribution in [1.29, 1.82) is 0 Å². The van der Waals surface area contributed by atoms with Gasteiger partial charge in [0.2, 0.25) is 0 Å². The van der Waals surface area contributed by atoms with E-state index in [1.165, 1.54) is 19.3 Å². The van der Waals surface area contributed by atoms with Crippen LogP contribution in [0.5, 0.6) is 0 Å². The highest BCUT2D eigenvalue weighted by Gasteiger charge is 2.20. The van der Waals surface area contributed by atoms with Crippen molar-refractivity contribution < 1.29 is 0 Å². The summed E-state index contributed by atoms with van der Waals surface area (Å²) in [6.45, 7) is 0. The maximum absolute atomic E-state index is 5.66. The Hall–Kier alpha value is -1.84. The second-order valence-electron chi connectivity index (χ2n) is 4.26. The quantitative estimate of drug-likeness (QED) is 0.834. The van der Waals surface area contributed by atoms with Gasteiger partial charge in [0.25, 0.3) is 0 Å². The standard InChI is InChI=1S/C12H14N4/c13-12-6-9(4-5-14-12)10-7-15-16(8-10)11-2-1-3-11/h4-8,11H,1-3H2,(H2,13,14). The van der Waals surface area contributed by atoms with E-state index in [2.05, 4.69) is 21.0 Å². The molecule has 3 rings (SSSR count). The molecular formula is C12H14N4. The lowest BCUT2D eigenvalue weighted by Crippen LogP contribution is -2.16. The molecule has 0 aromatic carbocycles. The second-order valence-corrected chi connectivity index (χ2v) is 4.26. The Morgan fingerprint density at radius 3 is 2.88 bits per heavy atom. The number of nitrogens with two attached hydrogens (primary N) is 1. The molecule has 2 N–H and O–H groups in total. The van der Waals surface area contributed by atoms with Crippen LogP contribution in [-0.2, 0) is 0 Å². The van der Waals surface area contributed by atoms with Gasteiger partial charge in [-0.1, -0.05) is 0 Å². The largest absolute Gasteiger partial charge is 0.384 e. The van der Waals surface area contributed by atoms with E-state index >= 15 is 0 Å². The van der Waals surface area contributed by atoms with Gasteiger partial charge in [-0.05, 0) is 37.0 Å². The molecule has 1 aliphatic rings. The fourth-order valence-electron chi connectivity index (χ4n) is 1.97. The first kappa shape index (κ1) is 9.39. The zero-order valence-corrected chi connectivity index (χ0v) is 9.00. The van der Waals surface area contributed by atoms with Gasteiger partial charge in [0, 0.05) is 18.0 Å². The first-order chi connectivity index (χ1) is 7.83. The van der Waals surface area contributed by atoms with Gasteiger partial charge in [-0.25, -0.2) is 4.98 Å². The Balaban J connectivity index is 1.91. The van der Waals surface area contributed by atoms with Crippen LogP contribution in [0.4, 0.5) is 5.82 Å². The third-order valence-corrected chi connectivity index (χ3v) is 3.16. The highest BCUT2D eigenvalue weighted by Crippen LogP contribution is 2.32. The van der Waals surface area contributed by atoms with E-state index in [1.807, 2.05) is 18.3 Å². The van der Waals surface area contributed by atoms with Crippen LogP contribution in [0.1, 0.15) is 25.3 Å². The fourth-order valence-corrected chi connectivity index (χ4v) is 1.97. The lowest BCUT2D eigenvalue weighted by molar-refractivity contribution is 0.289. The summed E-state index contributed by atoms with van der Waals surface area (Å²) in [7, 11) is 0. The molecule has 4 nitrogen and oxygen atoms in total. The molecule has 4 heteroatoms. The van der Waals surface area contributed by atoms with Crippen LogP contribution in [0.25, 0.3) is 11.1 Å². The molecule has 0 unspecified atom stereocenters. The van der Waals surface area contributed by atoms with Crippen molar-refractivity contribution in [3.05, 3.63) is 30.7 Å². The first-order valence-electron chi connectivity index (χ1n) is 5.59. The summed E-state index contributed by atoms with van der Waals surface area (Å²) in [6, 6.07) is 4.44. The van der Waals surface area contributed by atoms with Crippen LogP contribution in [0.15, 0.2) is 30.7 Å². The molecule has 16 heavy (non-hydrogen) atoms. The van der Waals surface area contributed by atoms with E-state index < -0.39 is 0 Å². The van der Waals surface area contributed by atoms with Crippen LogP contribution >= 0.6 is 0 Å². The van der Waals surface area contributed by atoms with Gasteiger partial charge in [0.05, 0.1) is 12.2 Å². The summed E-state index contributed by atoms with van der Waals surface area (Å²) in [5, 5.41) is 4.40. The van der Waals surface area contributed by atoms with Gasteiger partial charge >= 0.3 is 0 Å². The van der Waals surface area contributed by atoms with Crippen molar-refractivity contribution in [3.8, 4) is 11.1 Å². The Bertz CT molecular complexity index is 499. The molecule has 1 saturated carbocycles. The van der Waals surface area contributed by atoms with Gasteiger partial charge in [0.1, 0.15) is 5.82 Å². The molecule has 0 atom stereocenters. The van der Waals surface area contributed by atoms with Crippen LogP contribution in [0.2, 0.25) is 0 Å². The lowest BCUT2D eigenvalue weighted by atomic mass is 9.93. The Kier molecular flexibility index (Phi) is 2.13. The highest BCUT2D eigenvalue weighted by molar-refractivity contribution is 5.64. The minimum atomic E-state index is 0.550. The van der Waals surface area contributed by atoms with Crippen LogP contribution in [0, 0.1) is 0 Å². The molecule has 0 amide bonds. The summed E-state index contributed by atoms with van der Waals surface area (Å²) in [6.07, 6.45) is 9.54. The molecule has 0 saturated heterocycles. The summed E-state index contributed by atoms with van der Waals surface area (Å²) in [4.78, 5) is 3.99. The van der Waals surface area contributed by atoms with Crippen molar-refractivity contribution in [1.82, 2.24) is 14.8 Å². The third kappa shape index (κ3) is 1.56. The monoisotopic (exact) mass is 214 g/mol. The smallest absolute Gasteiger partial charge is 0.123 e. The minimum Gasteiger partial charge on any atom is -0.384 e. The molecule has 2 aromatic heterocycles. The van der Waals surface area contributed by atoms with Crippen LogP contribution < -0.4 is 5.73 Å². The van der Waals surface area contributed by atoms with Crippen LogP contribution in [0.3, 0.4) is 0 Å². The molecule has 0 bridgehead atoms. The van der Waals surface area contributed by atoms with Gasteiger partial charge in [-0.15, -0.1) is 0 Å². The first-order valence-corrected chi connectivity index (χ1v) is 5.59. The van der Waals surface area contributed by atoms with E-state index in [4.69, 9.17) is 5.73 Å². The zero-order valence-electron chi connectivity index (χ0n) is 9.00. The Labute approximate surface area is 94.1 Å². The normalized spacial score (nSPS) is 16.0. The number of hydrogen-bond donors (Lipinski definition) is 1. The maximum atomic E-state index is 5.66. The summed E-state index contributed by atoms with van der Waals surface area (Å²) < 4.78 is 2.06. The van der Waals surface area contributed by atoms with E-state index in [-0.39, 0.29) is 0 Å². The third-order valence-electron chi connectivity index (χ3n) is 3.16. The molecule has 2 aromatic rings. The van der Waals surface area contributed by atoms with Crippen molar-refractivity contribution in [2.45, 2.75) is 25.3 Å². The van der Waals surface area contributed by atoms with Crippen molar-refractivity contribution in [2.75, 3.05) is 5.73 Å². The number of nitrogen functional groups attached to an aromatic ring is 1. The molecule has 0 aliphatic heterocycles. The SMILES string of the molecule is Nc1cc(-c2cnn(C3CCC3)c2)ccn1. The van der Waals surface area contributed by atoms with Crippen molar-refractivity contribution in [3.63, 3.8) is 0 Å². The predicted octanol–water partition coefficient (Wildman–Crippen LogP) is 2.25. The predicted molar refractivity (Wildman–Crippen MR) is 62.8 cm³/mol. The Morgan fingerprint density at radius 1 is 1.31 bits per heavy atom. The molecule has 2 heterocycles. The number of nitrogens with zero attached hydrogens (tertiary/aromatic N) is 3. The average Bonchev–Trinajstić information content (AvgIpc) is 2.64. The lowest BCUT2D eigenvalue weighted by Gasteiger charge is -2.25. The molecular weight excluding hydrogens is 200 g/mol. The number of hydrogen-bond acceptors (Lipinski definition) is 3. The van der Waals surface area contributed by atoms with Gasteiger partial charge in [-0.2, -0.15) is 5.10 Å². The molecule has 0 radical (unpaired) electrons. The summed E-state index contributed by atoms with van der Waals surface area (Å²) in [5.41, 5.74) is 7.86. The zero-order chi connectivity index (χ0) is 11.0. The fraction of sp³-hybridized carbons (Fsp3) is 0.333.